The van der Waals surface area contributed by atoms with Crippen LogP contribution in [-0.4, -0.2) is 36.7 Å². The van der Waals surface area contributed by atoms with Crippen LogP contribution in [0.2, 0.25) is 0 Å². The first-order valence-electron chi connectivity index (χ1n) is 5.94. The average Bonchev–Trinajstić information content (AvgIpc) is 2.39. The van der Waals surface area contributed by atoms with Crippen molar-refractivity contribution in [2.24, 2.45) is 0 Å². The van der Waals surface area contributed by atoms with E-state index >= 15 is 0 Å². The highest BCUT2D eigenvalue weighted by atomic mass is 16.6. The Bertz CT molecular complexity index is 516. The minimum Gasteiger partial charge on any atom is -0.380 e. The van der Waals surface area contributed by atoms with Crippen LogP contribution in [0.25, 0.3) is 0 Å². The zero-order valence-electron chi connectivity index (χ0n) is 10.7. The second kappa shape index (κ2) is 5.66. The van der Waals surface area contributed by atoms with E-state index in [9.17, 15) is 10.1 Å². The van der Waals surface area contributed by atoms with E-state index < -0.39 is 4.92 Å². The first-order valence-corrected chi connectivity index (χ1v) is 5.94. The molecule has 0 bridgehead atoms. The number of nitrogen functional groups attached to an aromatic ring is 1. The minimum absolute atomic E-state index is 0.0471. The fraction of sp³-hybridized carbons (Fsp3) is 0.417. The number of methoxy groups -OCH3 is 1. The summed E-state index contributed by atoms with van der Waals surface area (Å²) in [6.45, 7) is 2.16. The summed E-state index contributed by atoms with van der Waals surface area (Å²) in [5, 5.41) is 10.7. The Morgan fingerprint density at radius 3 is 2.89 bits per heavy atom. The van der Waals surface area contributed by atoms with Gasteiger partial charge in [0.25, 0.3) is 0 Å². The second-order valence-corrected chi connectivity index (χ2v) is 4.32. The molecule has 1 aromatic heterocycles. The van der Waals surface area contributed by atoms with Gasteiger partial charge in [0.15, 0.2) is 0 Å². The normalized spacial score (nSPS) is 15.2. The van der Waals surface area contributed by atoms with Gasteiger partial charge in [0.1, 0.15) is 5.82 Å². The summed E-state index contributed by atoms with van der Waals surface area (Å²) in [7, 11) is 1.67. The molecule has 0 aliphatic carbocycles. The predicted octanol–water partition coefficient (Wildman–Crippen LogP) is 1.35. The van der Waals surface area contributed by atoms with Gasteiger partial charge < -0.3 is 15.4 Å². The van der Waals surface area contributed by atoms with Gasteiger partial charge in [-0.05, 0) is 18.1 Å². The Hall–Kier alpha value is -2.15. The SMILES string of the molecule is COCC1=CCN(c2ccc([N+](=O)[O-])c(N)n2)CC1. The molecule has 1 aromatic rings. The van der Waals surface area contributed by atoms with Crippen LogP contribution in [0.15, 0.2) is 23.8 Å². The Morgan fingerprint density at radius 1 is 1.58 bits per heavy atom. The standard InChI is InChI=1S/C12H16N4O3/c1-19-8-9-4-6-15(7-5-9)11-3-2-10(16(17)18)12(13)14-11/h2-4H,5-8H2,1H3,(H2,13,14). The van der Waals surface area contributed by atoms with Crippen LogP contribution in [0.5, 0.6) is 0 Å². The largest absolute Gasteiger partial charge is 0.380 e. The lowest BCUT2D eigenvalue weighted by Gasteiger charge is -2.27. The molecule has 0 amide bonds. The maximum absolute atomic E-state index is 10.7. The van der Waals surface area contributed by atoms with E-state index in [1.54, 1.807) is 13.2 Å². The number of ether oxygens (including phenoxy) is 1. The van der Waals surface area contributed by atoms with Crippen molar-refractivity contribution >= 4 is 17.3 Å². The van der Waals surface area contributed by atoms with Crippen LogP contribution in [-0.2, 0) is 4.74 Å². The van der Waals surface area contributed by atoms with Gasteiger partial charge in [0.2, 0.25) is 5.82 Å². The van der Waals surface area contributed by atoms with Crippen LogP contribution in [0, 0.1) is 10.1 Å². The molecule has 7 heteroatoms. The van der Waals surface area contributed by atoms with E-state index in [0.29, 0.717) is 19.0 Å². The van der Waals surface area contributed by atoms with E-state index in [0.717, 1.165) is 13.0 Å². The number of pyridine rings is 1. The molecular weight excluding hydrogens is 248 g/mol. The number of hydrogen-bond donors (Lipinski definition) is 1. The summed E-state index contributed by atoms with van der Waals surface area (Å²) in [5.41, 5.74) is 6.69. The van der Waals surface area contributed by atoms with Crippen molar-refractivity contribution in [1.29, 1.82) is 0 Å². The third-order valence-corrected chi connectivity index (χ3v) is 3.04. The molecule has 7 nitrogen and oxygen atoms in total. The molecule has 0 radical (unpaired) electrons. The number of aromatic nitrogens is 1. The molecule has 0 aromatic carbocycles. The van der Waals surface area contributed by atoms with Gasteiger partial charge in [0, 0.05) is 26.3 Å². The van der Waals surface area contributed by atoms with E-state index in [2.05, 4.69) is 11.1 Å². The molecule has 102 valence electrons. The van der Waals surface area contributed by atoms with Gasteiger partial charge in [-0.25, -0.2) is 4.98 Å². The maximum atomic E-state index is 10.7. The van der Waals surface area contributed by atoms with Crippen LogP contribution in [0.3, 0.4) is 0 Å². The number of anilines is 2. The van der Waals surface area contributed by atoms with E-state index in [-0.39, 0.29) is 11.5 Å². The first kappa shape index (κ1) is 13.3. The lowest BCUT2D eigenvalue weighted by molar-refractivity contribution is -0.384. The number of hydrogen-bond acceptors (Lipinski definition) is 6. The predicted molar refractivity (Wildman–Crippen MR) is 72.1 cm³/mol. The van der Waals surface area contributed by atoms with Crippen LogP contribution < -0.4 is 10.6 Å². The van der Waals surface area contributed by atoms with E-state index in [4.69, 9.17) is 10.5 Å². The van der Waals surface area contributed by atoms with Crippen molar-refractivity contribution < 1.29 is 9.66 Å². The van der Waals surface area contributed by atoms with Crippen molar-refractivity contribution in [3.05, 3.63) is 33.9 Å². The fourth-order valence-corrected chi connectivity index (χ4v) is 2.02. The van der Waals surface area contributed by atoms with Gasteiger partial charge in [-0.3, -0.25) is 10.1 Å². The molecule has 0 saturated heterocycles. The number of nitro groups is 1. The topological polar surface area (TPSA) is 94.5 Å². The molecule has 1 aliphatic rings. The molecule has 2 heterocycles. The molecule has 0 saturated carbocycles. The molecule has 0 spiro atoms. The van der Waals surface area contributed by atoms with E-state index in [1.165, 1.54) is 11.6 Å². The molecule has 1 aliphatic heterocycles. The van der Waals surface area contributed by atoms with Crippen LogP contribution >= 0.6 is 0 Å². The molecule has 2 rings (SSSR count). The van der Waals surface area contributed by atoms with Crippen molar-refractivity contribution in [1.82, 2.24) is 4.98 Å². The second-order valence-electron chi connectivity index (χ2n) is 4.32. The lowest BCUT2D eigenvalue weighted by Crippen LogP contribution is -2.30. The average molecular weight is 264 g/mol. The molecule has 19 heavy (non-hydrogen) atoms. The lowest BCUT2D eigenvalue weighted by atomic mass is 10.1. The summed E-state index contributed by atoms with van der Waals surface area (Å²) in [4.78, 5) is 16.3. The van der Waals surface area contributed by atoms with Gasteiger partial charge in [-0.1, -0.05) is 6.08 Å². The van der Waals surface area contributed by atoms with E-state index in [1.807, 2.05) is 4.90 Å². The highest BCUT2D eigenvalue weighted by molar-refractivity contribution is 5.58. The maximum Gasteiger partial charge on any atom is 0.311 e. The molecule has 0 atom stereocenters. The Labute approximate surface area is 110 Å². The third kappa shape index (κ3) is 3.00. The Kier molecular flexibility index (Phi) is 3.96. The van der Waals surface area contributed by atoms with Crippen molar-refractivity contribution in [3.63, 3.8) is 0 Å². The summed E-state index contributed by atoms with van der Waals surface area (Å²) < 4.78 is 5.09. The van der Waals surface area contributed by atoms with Crippen molar-refractivity contribution in [2.45, 2.75) is 6.42 Å². The molecule has 2 N–H and O–H groups in total. The van der Waals surface area contributed by atoms with Crippen LogP contribution in [0.1, 0.15) is 6.42 Å². The highest BCUT2D eigenvalue weighted by Crippen LogP contribution is 2.24. The summed E-state index contributed by atoms with van der Waals surface area (Å²) in [6.07, 6.45) is 2.98. The van der Waals surface area contributed by atoms with Crippen molar-refractivity contribution in [2.75, 3.05) is 37.4 Å². The molecule has 0 unspecified atom stereocenters. The first-order chi connectivity index (χ1) is 9.11. The van der Waals surface area contributed by atoms with Gasteiger partial charge in [-0.2, -0.15) is 0 Å². The number of rotatable bonds is 4. The zero-order chi connectivity index (χ0) is 13.8. The van der Waals surface area contributed by atoms with Gasteiger partial charge in [-0.15, -0.1) is 0 Å². The third-order valence-electron chi connectivity index (χ3n) is 3.04. The summed E-state index contributed by atoms with van der Waals surface area (Å²) in [6, 6.07) is 3.02. The summed E-state index contributed by atoms with van der Waals surface area (Å²) >= 11 is 0. The van der Waals surface area contributed by atoms with Crippen molar-refractivity contribution in [3.8, 4) is 0 Å². The quantitative estimate of drug-likeness (QED) is 0.501. The highest BCUT2D eigenvalue weighted by Gasteiger charge is 2.17. The van der Waals surface area contributed by atoms with Gasteiger partial charge in [0.05, 0.1) is 11.5 Å². The number of nitrogens with zero attached hydrogens (tertiary/aromatic N) is 3. The van der Waals surface area contributed by atoms with Crippen LogP contribution in [0.4, 0.5) is 17.3 Å². The molecular formula is C12H16N4O3. The van der Waals surface area contributed by atoms with Gasteiger partial charge >= 0.3 is 5.69 Å². The minimum atomic E-state index is -0.529. The Morgan fingerprint density at radius 2 is 2.37 bits per heavy atom. The molecule has 0 fully saturated rings. The summed E-state index contributed by atoms with van der Waals surface area (Å²) in [5.74, 6) is 0.616. The Balaban J connectivity index is 2.12. The zero-order valence-corrected chi connectivity index (χ0v) is 10.7. The number of nitrogens with two attached hydrogens (primary N) is 1. The fourth-order valence-electron chi connectivity index (χ4n) is 2.02. The smallest absolute Gasteiger partial charge is 0.311 e. The monoisotopic (exact) mass is 264 g/mol.